The monoisotopic (exact) mass is 412 g/mol. The zero-order chi connectivity index (χ0) is 21.5. The van der Waals surface area contributed by atoms with Gasteiger partial charge in [0.15, 0.2) is 0 Å². The molecule has 1 fully saturated rings. The van der Waals surface area contributed by atoms with Gasteiger partial charge in [0.25, 0.3) is 5.56 Å². The topological polar surface area (TPSA) is 76.5 Å². The molecule has 1 aromatic carbocycles. The number of carbonyl (C=O) groups excluding carboxylic acids is 1. The van der Waals surface area contributed by atoms with Crippen molar-refractivity contribution in [2.45, 2.75) is 46.2 Å². The Morgan fingerprint density at radius 2 is 2.10 bits per heavy atom. The lowest BCUT2D eigenvalue weighted by Crippen LogP contribution is -2.39. The van der Waals surface area contributed by atoms with Crippen molar-refractivity contribution in [2.75, 3.05) is 31.7 Å². The van der Waals surface area contributed by atoms with Gasteiger partial charge in [-0.15, -0.1) is 0 Å². The number of methoxy groups -OCH3 is 1. The maximum atomic E-state index is 12.5. The summed E-state index contributed by atoms with van der Waals surface area (Å²) in [6.07, 6.45) is 4.26. The minimum atomic E-state index is -0.127. The Morgan fingerprint density at radius 1 is 1.27 bits per heavy atom. The molecule has 1 N–H and O–H groups in total. The van der Waals surface area contributed by atoms with Gasteiger partial charge in [0.2, 0.25) is 5.91 Å². The number of benzene rings is 1. The fourth-order valence-electron chi connectivity index (χ4n) is 3.86. The number of aryl methyl sites for hydroxylation is 2. The van der Waals surface area contributed by atoms with Crippen LogP contribution in [0.25, 0.3) is 0 Å². The molecule has 1 aromatic heterocycles. The normalized spacial score (nSPS) is 16.5. The number of aromatic nitrogens is 2. The summed E-state index contributed by atoms with van der Waals surface area (Å²) in [7, 11) is 1.60. The van der Waals surface area contributed by atoms with Crippen molar-refractivity contribution in [3.63, 3.8) is 0 Å². The van der Waals surface area contributed by atoms with Gasteiger partial charge in [-0.2, -0.15) is 5.10 Å². The summed E-state index contributed by atoms with van der Waals surface area (Å²) >= 11 is 0. The number of amides is 1. The minimum Gasteiger partial charge on any atom is -0.383 e. The number of ether oxygens (including phenoxy) is 1. The van der Waals surface area contributed by atoms with E-state index in [1.165, 1.54) is 15.8 Å². The van der Waals surface area contributed by atoms with Crippen molar-refractivity contribution in [2.24, 2.45) is 5.92 Å². The fraction of sp³-hybridized carbons (Fsp3) is 0.522. The molecule has 1 atom stereocenters. The molecule has 1 unspecified atom stereocenters. The van der Waals surface area contributed by atoms with Gasteiger partial charge in [-0.3, -0.25) is 9.59 Å². The highest BCUT2D eigenvalue weighted by Gasteiger charge is 2.23. The highest BCUT2D eigenvalue weighted by molar-refractivity contribution is 5.76. The Hall–Kier alpha value is -2.67. The van der Waals surface area contributed by atoms with E-state index in [0.717, 1.165) is 37.2 Å². The Balaban J connectivity index is 1.53. The SMILES string of the molecule is COCCn1ncc(N2CCCC(CC(=O)NCc3ccc(C)c(C)c3)C2)cc1=O. The first-order chi connectivity index (χ1) is 14.5. The fourth-order valence-corrected chi connectivity index (χ4v) is 3.86. The molecule has 0 aliphatic carbocycles. The smallest absolute Gasteiger partial charge is 0.268 e. The second-order valence-electron chi connectivity index (χ2n) is 8.12. The third-order valence-electron chi connectivity index (χ3n) is 5.78. The number of anilines is 1. The molecule has 2 heterocycles. The van der Waals surface area contributed by atoms with Crippen LogP contribution in [-0.2, 0) is 22.6 Å². The molecule has 1 saturated heterocycles. The molecule has 1 aliphatic heterocycles. The predicted molar refractivity (Wildman–Crippen MR) is 118 cm³/mol. The molecule has 30 heavy (non-hydrogen) atoms. The van der Waals surface area contributed by atoms with E-state index in [1.54, 1.807) is 19.4 Å². The summed E-state index contributed by atoms with van der Waals surface area (Å²) in [4.78, 5) is 26.9. The first kappa shape index (κ1) is 22.0. The van der Waals surface area contributed by atoms with Gasteiger partial charge in [-0.1, -0.05) is 18.2 Å². The molecule has 2 aromatic rings. The number of rotatable bonds is 8. The van der Waals surface area contributed by atoms with Crippen LogP contribution < -0.4 is 15.8 Å². The Morgan fingerprint density at radius 3 is 2.83 bits per heavy atom. The summed E-state index contributed by atoms with van der Waals surface area (Å²) in [6.45, 7) is 7.27. The Kier molecular flexibility index (Phi) is 7.63. The first-order valence-electron chi connectivity index (χ1n) is 10.6. The lowest BCUT2D eigenvalue weighted by Gasteiger charge is -2.34. The minimum absolute atomic E-state index is 0.0770. The van der Waals surface area contributed by atoms with Gasteiger partial charge in [0, 0.05) is 39.2 Å². The van der Waals surface area contributed by atoms with Gasteiger partial charge in [0.1, 0.15) is 0 Å². The van der Waals surface area contributed by atoms with E-state index in [4.69, 9.17) is 4.74 Å². The number of piperidine rings is 1. The van der Waals surface area contributed by atoms with Gasteiger partial charge in [-0.25, -0.2) is 4.68 Å². The molecule has 3 rings (SSSR count). The summed E-state index contributed by atoms with van der Waals surface area (Å²) in [6, 6.07) is 7.91. The van der Waals surface area contributed by atoms with Gasteiger partial charge >= 0.3 is 0 Å². The molecule has 0 bridgehead atoms. The predicted octanol–water partition coefficient (Wildman–Crippen LogP) is 2.43. The second kappa shape index (κ2) is 10.4. The zero-order valence-electron chi connectivity index (χ0n) is 18.2. The summed E-state index contributed by atoms with van der Waals surface area (Å²) in [5, 5.41) is 7.31. The van der Waals surface area contributed by atoms with E-state index in [9.17, 15) is 9.59 Å². The quantitative estimate of drug-likeness (QED) is 0.721. The lowest BCUT2D eigenvalue weighted by molar-refractivity contribution is -0.122. The molecule has 0 radical (unpaired) electrons. The Labute approximate surface area is 178 Å². The van der Waals surface area contributed by atoms with E-state index in [2.05, 4.69) is 47.4 Å². The van der Waals surface area contributed by atoms with E-state index < -0.39 is 0 Å². The van der Waals surface area contributed by atoms with Gasteiger partial charge in [0.05, 0.1) is 25.0 Å². The average Bonchev–Trinajstić information content (AvgIpc) is 2.74. The van der Waals surface area contributed by atoms with Crippen molar-refractivity contribution >= 4 is 11.6 Å². The van der Waals surface area contributed by atoms with Crippen LogP contribution in [0.2, 0.25) is 0 Å². The van der Waals surface area contributed by atoms with Crippen molar-refractivity contribution in [3.8, 4) is 0 Å². The van der Waals surface area contributed by atoms with Crippen LogP contribution in [-0.4, -0.2) is 42.5 Å². The zero-order valence-corrected chi connectivity index (χ0v) is 18.2. The van der Waals surface area contributed by atoms with Crippen LogP contribution >= 0.6 is 0 Å². The highest BCUT2D eigenvalue weighted by Crippen LogP contribution is 2.24. The van der Waals surface area contributed by atoms with Crippen molar-refractivity contribution in [1.82, 2.24) is 15.1 Å². The number of carbonyl (C=O) groups is 1. The second-order valence-corrected chi connectivity index (χ2v) is 8.12. The number of nitrogens with one attached hydrogen (secondary N) is 1. The molecule has 0 spiro atoms. The maximum Gasteiger partial charge on any atom is 0.268 e. The molecule has 0 saturated carbocycles. The molecule has 1 amide bonds. The average molecular weight is 413 g/mol. The maximum absolute atomic E-state index is 12.5. The van der Waals surface area contributed by atoms with E-state index in [1.807, 2.05) is 0 Å². The van der Waals surface area contributed by atoms with Crippen LogP contribution in [0, 0.1) is 19.8 Å². The molecule has 7 heteroatoms. The molecule has 162 valence electrons. The number of hydrogen-bond donors (Lipinski definition) is 1. The number of nitrogens with zero attached hydrogens (tertiary/aromatic N) is 3. The highest BCUT2D eigenvalue weighted by atomic mass is 16.5. The van der Waals surface area contributed by atoms with E-state index in [-0.39, 0.29) is 17.4 Å². The molecule has 7 nitrogen and oxygen atoms in total. The standard InChI is InChI=1S/C23H32N4O3/c1-17-6-7-19(11-18(17)2)14-24-22(28)12-20-5-4-8-26(16-20)21-13-23(29)27(25-15-21)9-10-30-3/h6-7,11,13,15,20H,4-5,8-10,12,14,16H2,1-3H3,(H,24,28). The molecular weight excluding hydrogens is 380 g/mol. The van der Waals surface area contributed by atoms with Crippen molar-refractivity contribution < 1.29 is 9.53 Å². The third-order valence-corrected chi connectivity index (χ3v) is 5.78. The van der Waals surface area contributed by atoms with Crippen LogP contribution in [0.4, 0.5) is 5.69 Å². The summed E-state index contributed by atoms with van der Waals surface area (Å²) in [5.74, 6) is 0.350. The summed E-state index contributed by atoms with van der Waals surface area (Å²) in [5.41, 5.74) is 4.32. The Bertz CT molecular complexity index is 925. The van der Waals surface area contributed by atoms with Crippen LogP contribution in [0.1, 0.15) is 36.0 Å². The van der Waals surface area contributed by atoms with Crippen LogP contribution in [0.5, 0.6) is 0 Å². The third kappa shape index (κ3) is 5.92. The molecule has 1 aliphatic rings. The van der Waals surface area contributed by atoms with Crippen molar-refractivity contribution in [1.29, 1.82) is 0 Å². The van der Waals surface area contributed by atoms with Gasteiger partial charge < -0.3 is 15.0 Å². The van der Waals surface area contributed by atoms with E-state index in [0.29, 0.717) is 26.1 Å². The van der Waals surface area contributed by atoms with Crippen LogP contribution in [0.3, 0.4) is 0 Å². The molecular formula is C23H32N4O3. The van der Waals surface area contributed by atoms with E-state index >= 15 is 0 Å². The van der Waals surface area contributed by atoms with Crippen molar-refractivity contribution in [3.05, 3.63) is 57.5 Å². The van der Waals surface area contributed by atoms with Gasteiger partial charge in [-0.05, 0) is 49.3 Å². The largest absolute Gasteiger partial charge is 0.383 e. The lowest BCUT2D eigenvalue weighted by atomic mass is 9.94. The summed E-state index contributed by atoms with van der Waals surface area (Å²) < 4.78 is 6.42. The number of hydrogen-bond acceptors (Lipinski definition) is 5. The first-order valence-corrected chi connectivity index (χ1v) is 10.6. The van der Waals surface area contributed by atoms with Crippen LogP contribution in [0.15, 0.2) is 35.3 Å².